The van der Waals surface area contributed by atoms with E-state index in [1.165, 1.54) is 4.90 Å². The molecule has 0 bridgehead atoms. The van der Waals surface area contributed by atoms with Gasteiger partial charge in [0.05, 0.1) is 12.2 Å². The van der Waals surface area contributed by atoms with Gasteiger partial charge < -0.3 is 10.2 Å². The van der Waals surface area contributed by atoms with E-state index in [2.05, 4.69) is 46.4 Å². The number of nitrogens with zero attached hydrogens (tertiary/aromatic N) is 3. The second-order valence-corrected chi connectivity index (χ2v) is 8.69. The zero-order valence-corrected chi connectivity index (χ0v) is 16.5. The van der Waals surface area contributed by atoms with Crippen molar-refractivity contribution < 1.29 is 4.79 Å². The van der Waals surface area contributed by atoms with E-state index >= 15 is 0 Å². The van der Waals surface area contributed by atoms with Gasteiger partial charge in [-0.3, -0.25) is 14.7 Å². The maximum Gasteiger partial charge on any atom is 0.241 e. The summed E-state index contributed by atoms with van der Waals surface area (Å²) in [5.41, 5.74) is 2.22. The molecule has 2 aliphatic heterocycles. The number of anilines is 1. The number of piperazine rings is 1. The molecule has 6 heteroatoms. The maximum atomic E-state index is 13.3. The quantitative estimate of drug-likeness (QED) is 0.884. The molecular weight excluding hydrogens is 356 g/mol. The summed E-state index contributed by atoms with van der Waals surface area (Å²) in [5.74, 6) is 0.188. The Labute approximate surface area is 165 Å². The van der Waals surface area contributed by atoms with E-state index < -0.39 is 0 Å². The Balaban J connectivity index is 1.54. The second kappa shape index (κ2) is 8.42. The highest BCUT2D eigenvalue weighted by Gasteiger charge is 2.29. The van der Waals surface area contributed by atoms with Crippen molar-refractivity contribution in [2.45, 2.75) is 29.5 Å². The van der Waals surface area contributed by atoms with E-state index in [1.54, 1.807) is 6.20 Å². The molecule has 142 valence electrons. The molecule has 1 aromatic carbocycles. The van der Waals surface area contributed by atoms with Crippen LogP contribution in [0.15, 0.2) is 53.7 Å². The van der Waals surface area contributed by atoms with E-state index in [0.717, 1.165) is 43.9 Å². The Hall–Kier alpha value is -1.89. The van der Waals surface area contributed by atoms with E-state index in [4.69, 9.17) is 0 Å². The predicted molar refractivity (Wildman–Crippen MR) is 110 cm³/mol. The minimum Gasteiger partial charge on any atom is -0.314 e. The third-order valence-electron chi connectivity index (χ3n) is 5.31. The fourth-order valence-corrected chi connectivity index (χ4v) is 4.96. The van der Waals surface area contributed by atoms with Crippen molar-refractivity contribution in [3.8, 4) is 0 Å². The molecule has 3 heterocycles. The van der Waals surface area contributed by atoms with Crippen LogP contribution in [0.25, 0.3) is 0 Å². The smallest absolute Gasteiger partial charge is 0.241 e. The molecule has 1 saturated heterocycles. The van der Waals surface area contributed by atoms with Gasteiger partial charge in [-0.1, -0.05) is 25.1 Å². The summed E-state index contributed by atoms with van der Waals surface area (Å²) in [5, 5.41) is 3.97. The lowest BCUT2D eigenvalue weighted by molar-refractivity contribution is -0.120. The Morgan fingerprint density at radius 3 is 3.00 bits per heavy atom. The van der Waals surface area contributed by atoms with Crippen molar-refractivity contribution in [3.05, 3.63) is 54.4 Å². The molecule has 2 aromatic rings. The van der Waals surface area contributed by atoms with E-state index in [0.29, 0.717) is 11.8 Å². The van der Waals surface area contributed by atoms with Crippen LogP contribution < -0.4 is 10.2 Å². The highest BCUT2D eigenvalue weighted by Crippen LogP contribution is 2.37. The number of pyridine rings is 1. The fraction of sp³-hybridized carbons (Fsp3) is 0.429. The average Bonchev–Trinajstić information content (AvgIpc) is 2.87. The van der Waals surface area contributed by atoms with Crippen LogP contribution in [-0.2, 0) is 4.79 Å². The minimum atomic E-state index is 0.187. The number of hydrogen-bond acceptors (Lipinski definition) is 5. The molecule has 2 aliphatic rings. The van der Waals surface area contributed by atoms with Crippen molar-refractivity contribution in [1.29, 1.82) is 0 Å². The lowest BCUT2D eigenvalue weighted by Gasteiger charge is -2.37. The van der Waals surface area contributed by atoms with Crippen LogP contribution in [0, 0.1) is 0 Å². The molecule has 0 saturated carbocycles. The molecule has 5 nitrogen and oxygen atoms in total. The molecule has 2 unspecified atom stereocenters. The zero-order chi connectivity index (χ0) is 18.6. The van der Waals surface area contributed by atoms with Crippen LogP contribution in [0.5, 0.6) is 0 Å². The number of benzene rings is 1. The van der Waals surface area contributed by atoms with Gasteiger partial charge in [0.25, 0.3) is 0 Å². The van der Waals surface area contributed by atoms with Gasteiger partial charge in [-0.25, -0.2) is 0 Å². The average molecular weight is 383 g/mol. The molecule has 0 radical (unpaired) electrons. The molecule has 1 amide bonds. The summed E-state index contributed by atoms with van der Waals surface area (Å²) in [4.78, 5) is 23.1. The predicted octanol–water partition coefficient (Wildman–Crippen LogP) is 2.95. The highest BCUT2D eigenvalue weighted by atomic mass is 32.2. The van der Waals surface area contributed by atoms with Gasteiger partial charge in [0, 0.05) is 54.8 Å². The Kier molecular flexibility index (Phi) is 5.76. The molecule has 4 rings (SSSR count). The van der Waals surface area contributed by atoms with E-state index in [9.17, 15) is 4.79 Å². The molecule has 0 spiro atoms. The maximum absolute atomic E-state index is 13.3. The van der Waals surface area contributed by atoms with Gasteiger partial charge >= 0.3 is 0 Å². The molecule has 0 aliphatic carbocycles. The van der Waals surface area contributed by atoms with Crippen molar-refractivity contribution in [2.24, 2.45) is 0 Å². The lowest BCUT2D eigenvalue weighted by Crippen LogP contribution is -2.50. The van der Waals surface area contributed by atoms with Crippen LogP contribution in [0.3, 0.4) is 0 Å². The first-order chi connectivity index (χ1) is 13.2. The van der Waals surface area contributed by atoms with Crippen LogP contribution >= 0.6 is 11.8 Å². The molecule has 1 N–H and O–H groups in total. The summed E-state index contributed by atoms with van der Waals surface area (Å²) < 4.78 is 0. The Morgan fingerprint density at radius 1 is 1.26 bits per heavy atom. The van der Waals surface area contributed by atoms with Crippen LogP contribution in [-0.4, -0.2) is 53.8 Å². The van der Waals surface area contributed by atoms with Crippen molar-refractivity contribution in [1.82, 2.24) is 15.2 Å². The number of thioether (sulfide) groups is 1. The summed E-state index contributed by atoms with van der Waals surface area (Å²) in [6, 6.07) is 12.5. The number of nitrogens with one attached hydrogen (secondary N) is 1. The monoisotopic (exact) mass is 382 g/mol. The standard InChI is InChI=1S/C21H26N4OS/c1-16-8-11-25(18-6-2-3-7-20(18)27-16)21(26)15-24-12-10-23-14-19(24)17-5-4-9-22-13-17/h2-7,9,13,16,19,23H,8,10-12,14-15H2,1H3. The van der Waals surface area contributed by atoms with Gasteiger partial charge in [0.1, 0.15) is 0 Å². The zero-order valence-electron chi connectivity index (χ0n) is 15.7. The van der Waals surface area contributed by atoms with Gasteiger partial charge in [-0.05, 0) is 30.2 Å². The molecule has 1 aromatic heterocycles. The highest BCUT2D eigenvalue weighted by molar-refractivity contribution is 8.00. The first-order valence-corrected chi connectivity index (χ1v) is 10.5. The topological polar surface area (TPSA) is 48.5 Å². The van der Waals surface area contributed by atoms with Crippen molar-refractivity contribution >= 4 is 23.4 Å². The van der Waals surface area contributed by atoms with Gasteiger partial charge in [-0.15, -0.1) is 11.8 Å². The fourth-order valence-electron chi connectivity index (χ4n) is 3.84. The summed E-state index contributed by atoms with van der Waals surface area (Å²) in [6.07, 6.45) is 4.72. The lowest BCUT2D eigenvalue weighted by atomic mass is 10.1. The molecule has 1 fully saturated rings. The van der Waals surface area contributed by atoms with E-state index in [1.807, 2.05) is 35.0 Å². The number of rotatable bonds is 3. The SMILES string of the molecule is CC1CCN(C(=O)CN2CCNCC2c2cccnc2)c2ccccc2S1. The Bertz CT molecular complexity index is 785. The van der Waals surface area contributed by atoms with Gasteiger partial charge in [0.2, 0.25) is 5.91 Å². The first-order valence-electron chi connectivity index (χ1n) is 9.63. The second-order valence-electron chi connectivity index (χ2n) is 7.21. The number of carbonyl (C=O) groups is 1. The number of para-hydroxylation sites is 1. The Morgan fingerprint density at radius 2 is 2.15 bits per heavy atom. The van der Waals surface area contributed by atoms with Gasteiger partial charge in [-0.2, -0.15) is 0 Å². The summed E-state index contributed by atoms with van der Waals surface area (Å²) in [6.45, 7) is 6.09. The van der Waals surface area contributed by atoms with Crippen LogP contribution in [0.2, 0.25) is 0 Å². The number of amides is 1. The molecule has 27 heavy (non-hydrogen) atoms. The number of fused-ring (bicyclic) bond motifs is 1. The van der Waals surface area contributed by atoms with Gasteiger partial charge in [0.15, 0.2) is 0 Å². The molecular formula is C21H26N4OS. The van der Waals surface area contributed by atoms with Crippen molar-refractivity contribution in [2.75, 3.05) is 37.6 Å². The normalized spacial score (nSPS) is 23.5. The summed E-state index contributed by atoms with van der Waals surface area (Å²) >= 11 is 1.87. The molecule has 2 atom stereocenters. The number of carbonyl (C=O) groups excluding carboxylic acids is 1. The first kappa shape index (κ1) is 18.5. The minimum absolute atomic E-state index is 0.187. The van der Waals surface area contributed by atoms with E-state index in [-0.39, 0.29) is 11.9 Å². The summed E-state index contributed by atoms with van der Waals surface area (Å²) in [7, 11) is 0. The van der Waals surface area contributed by atoms with Crippen LogP contribution in [0.4, 0.5) is 5.69 Å². The third kappa shape index (κ3) is 4.18. The van der Waals surface area contributed by atoms with Crippen molar-refractivity contribution in [3.63, 3.8) is 0 Å². The third-order valence-corrected chi connectivity index (χ3v) is 6.54. The number of aromatic nitrogens is 1. The van der Waals surface area contributed by atoms with Crippen LogP contribution in [0.1, 0.15) is 24.9 Å². The largest absolute Gasteiger partial charge is 0.314 e. The number of hydrogen-bond donors (Lipinski definition) is 1.